The number of benzene rings is 1. The number of piperidine rings is 1. The van der Waals surface area contributed by atoms with Gasteiger partial charge in [0.15, 0.2) is 0 Å². The number of nitrogens with zero attached hydrogens (tertiary/aromatic N) is 1. The third-order valence-corrected chi connectivity index (χ3v) is 3.56. The Morgan fingerprint density at radius 3 is 2.68 bits per heavy atom. The highest BCUT2D eigenvalue weighted by molar-refractivity contribution is 5.89. The van der Waals surface area contributed by atoms with Crippen molar-refractivity contribution < 1.29 is 4.79 Å². The lowest BCUT2D eigenvalue weighted by molar-refractivity contribution is 0.224. The van der Waals surface area contributed by atoms with Gasteiger partial charge in [0.2, 0.25) is 0 Å². The number of carbonyl (C=O) groups excluding carboxylic acids is 1. The smallest absolute Gasteiger partial charge is 0.319 e. The molecule has 1 saturated heterocycles. The molecule has 0 bridgehead atoms. The Balaban J connectivity index is 1.68. The number of nitrogens with one attached hydrogen (secondary N) is 2. The third-order valence-electron chi connectivity index (χ3n) is 3.56. The molecule has 2 rings (SSSR count). The van der Waals surface area contributed by atoms with Gasteiger partial charge in [-0.05, 0) is 44.5 Å². The number of hydrogen-bond donors (Lipinski definition) is 2. The first-order chi connectivity index (χ1) is 9.25. The lowest BCUT2D eigenvalue weighted by Crippen LogP contribution is -2.39. The van der Waals surface area contributed by atoms with E-state index in [1.165, 1.54) is 32.4 Å². The van der Waals surface area contributed by atoms with Gasteiger partial charge in [0.25, 0.3) is 0 Å². The normalized spacial score (nSPS) is 16.1. The fourth-order valence-corrected chi connectivity index (χ4v) is 2.39. The third kappa shape index (κ3) is 4.56. The van der Waals surface area contributed by atoms with E-state index in [1.54, 1.807) is 0 Å². The second-order valence-corrected chi connectivity index (χ2v) is 5.10. The summed E-state index contributed by atoms with van der Waals surface area (Å²) in [5, 5.41) is 5.79. The second-order valence-electron chi connectivity index (χ2n) is 5.10. The quantitative estimate of drug-likeness (QED) is 0.875. The molecule has 0 aliphatic carbocycles. The van der Waals surface area contributed by atoms with E-state index in [0.29, 0.717) is 6.54 Å². The Bertz CT molecular complexity index is 414. The summed E-state index contributed by atoms with van der Waals surface area (Å²) in [7, 11) is 0. The molecule has 1 fully saturated rings. The molecule has 0 aromatic heterocycles. The van der Waals surface area contributed by atoms with Crippen molar-refractivity contribution in [3.05, 3.63) is 29.8 Å². The van der Waals surface area contributed by atoms with Crippen LogP contribution in [0.15, 0.2) is 24.3 Å². The minimum atomic E-state index is -0.119. The zero-order chi connectivity index (χ0) is 13.5. The number of carbonyl (C=O) groups is 1. The maximum Gasteiger partial charge on any atom is 0.319 e. The molecule has 1 heterocycles. The average molecular weight is 261 g/mol. The Kier molecular flexibility index (Phi) is 5.21. The fraction of sp³-hybridized carbons (Fsp3) is 0.533. The van der Waals surface area contributed by atoms with Crippen LogP contribution in [0.25, 0.3) is 0 Å². The van der Waals surface area contributed by atoms with Crippen molar-refractivity contribution in [2.75, 3.05) is 31.5 Å². The molecule has 1 aromatic rings. The Morgan fingerprint density at radius 1 is 1.21 bits per heavy atom. The van der Waals surface area contributed by atoms with Gasteiger partial charge in [-0.3, -0.25) is 0 Å². The van der Waals surface area contributed by atoms with Crippen LogP contribution in [-0.4, -0.2) is 37.1 Å². The molecule has 2 amide bonds. The summed E-state index contributed by atoms with van der Waals surface area (Å²) >= 11 is 0. The first-order valence-electron chi connectivity index (χ1n) is 7.08. The number of aryl methyl sites for hydroxylation is 1. The Morgan fingerprint density at radius 2 is 1.95 bits per heavy atom. The van der Waals surface area contributed by atoms with Crippen LogP contribution < -0.4 is 10.6 Å². The number of likely N-dealkylation sites (tertiary alicyclic amines) is 1. The number of para-hydroxylation sites is 1. The van der Waals surface area contributed by atoms with Gasteiger partial charge in [0, 0.05) is 18.8 Å². The summed E-state index contributed by atoms with van der Waals surface area (Å²) in [6.45, 7) is 5.98. The molecule has 0 radical (unpaired) electrons. The Hall–Kier alpha value is -1.55. The van der Waals surface area contributed by atoms with E-state index >= 15 is 0 Å². The van der Waals surface area contributed by atoms with Gasteiger partial charge in [-0.2, -0.15) is 0 Å². The molecule has 1 aliphatic rings. The molecule has 4 nitrogen and oxygen atoms in total. The van der Waals surface area contributed by atoms with Crippen LogP contribution in [-0.2, 0) is 0 Å². The monoisotopic (exact) mass is 261 g/mol. The minimum Gasteiger partial charge on any atom is -0.337 e. The maximum atomic E-state index is 11.8. The van der Waals surface area contributed by atoms with Crippen molar-refractivity contribution >= 4 is 11.7 Å². The van der Waals surface area contributed by atoms with E-state index in [-0.39, 0.29) is 6.03 Å². The molecule has 19 heavy (non-hydrogen) atoms. The van der Waals surface area contributed by atoms with Gasteiger partial charge in [-0.15, -0.1) is 0 Å². The first kappa shape index (κ1) is 13.9. The molecule has 2 N–H and O–H groups in total. The molecule has 0 saturated carbocycles. The van der Waals surface area contributed by atoms with Crippen LogP contribution in [0.2, 0.25) is 0 Å². The average Bonchev–Trinajstić information content (AvgIpc) is 2.43. The number of rotatable bonds is 4. The van der Waals surface area contributed by atoms with E-state index in [1.807, 2.05) is 31.2 Å². The minimum absolute atomic E-state index is 0.119. The van der Waals surface area contributed by atoms with E-state index < -0.39 is 0 Å². The lowest BCUT2D eigenvalue weighted by atomic mass is 10.1. The zero-order valence-corrected chi connectivity index (χ0v) is 11.6. The van der Waals surface area contributed by atoms with Crippen molar-refractivity contribution in [2.24, 2.45) is 0 Å². The van der Waals surface area contributed by atoms with Gasteiger partial charge in [-0.1, -0.05) is 24.6 Å². The van der Waals surface area contributed by atoms with Crippen molar-refractivity contribution in [2.45, 2.75) is 26.2 Å². The van der Waals surface area contributed by atoms with E-state index in [9.17, 15) is 4.79 Å². The van der Waals surface area contributed by atoms with Gasteiger partial charge in [-0.25, -0.2) is 4.79 Å². The molecule has 0 atom stereocenters. The van der Waals surface area contributed by atoms with Crippen LogP contribution in [0.5, 0.6) is 0 Å². The van der Waals surface area contributed by atoms with Crippen LogP contribution in [0.1, 0.15) is 24.8 Å². The molecular formula is C15H23N3O. The second kappa shape index (κ2) is 7.14. The van der Waals surface area contributed by atoms with Crippen molar-refractivity contribution in [3.8, 4) is 0 Å². The molecule has 104 valence electrons. The molecule has 0 spiro atoms. The summed E-state index contributed by atoms with van der Waals surface area (Å²) < 4.78 is 0. The Labute approximate surface area is 115 Å². The standard InChI is InChI=1S/C15H23N3O/c1-13-7-3-4-8-14(13)17-15(19)16-9-12-18-10-5-2-6-11-18/h3-4,7-8H,2,5-6,9-12H2,1H3,(H2,16,17,19). The molecule has 0 unspecified atom stereocenters. The van der Waals surface area contributed by atoms with E-state index in [2.05, 4.69) is 15.5 Å². The largest absolute Gasteiger partial charge is 0.337 e. The van der Waals surface area contributed by atoms with Crippen LogP contribution >= 0.6 is 0 Å². The lowest BCUT2D eigenvalue weighted by Gasteiger charge is -2.26. The van der Waals surface area contributed by atoms with Crippen molar-refractivity contribution in [1.29, 1.82) is 0 Å². The maximum absolute atomic E-state index is 11.8. The predicted molar refractivity (Wildman–Crippen MR) is 78.5 cm³/mol. The van der Waals surface area contributed by atoms with Gasteiger partial charge in [0.05, 0.1) is 0 Å². The summed E-state index contributed by atoms with van der Waals surface area (Å²) in [6.07, 6.45) is 3.92. The summed E-state index contributed by atoms with van der Waals surface area (Å²) in [5.41, 5.74) is 1.95. The number of hydrogen-bond acceptors (Lipinski definition) is 2. The van der Waals surface area contributed by atoms with Crippen LogP contribution in [0.3, 0.4) is 0 Å². The van der Waals surface area contributed by atoms with Gasteiger partial charge < -0.3 is 15.5 Å². The van der Waals surface area contributed by atoms with Crippen LogP contribution in [0, 0.1) is 6.92 Å². The topological polar surface area (TPSA) is 44.4 Å². The van der Waals surface area contributed by atoms with E-state index in [0.717, 1.165) is 17.8 Å². The molecule has 4 heteroatoms. The SMILES string of the molecule is Cc1ccccc1NC(=O)NCCN1CCCCC1. The van der Waals surface area contributed by atoms with E-state index in [4.69, 9.17) is 0 Å². The van der Waals surface area contributed by atoms with Crippen molar-refractivity contribution in [1.82, 2.24) is 10.2 Å². The fourth-order valence-electron chi connectivity index (χ4n) is 2.39. The number of anilines is 1. The van der Waals surface area contributed by atoms with Gasteiger partial charge >= 0.3 is 6.03 Å². The highest BCUT2D eigenvalue weighted by Gasteiger charge is 2.10. The molecule has 1 aliphatic heterocycles. The van der Waals surface area contributed by atoms with Crippen molar-refractivity contribution in [3.63, 3.8) is 0 Å². The first-order valence-corrected chi connectivity index (χ1v) is 7.08. The number of urea groups is 1. The highest BCUT2D eigenvalue weighted by Crippen LogP contribution is 2.12. The summed E-state index contributed by atoms with van der Waals surface area (Å²) in [4.78, 5) is 14.2. The predicted octanol–water partition coefficient (Wildman–Crippen LogP) is 2.60. The summed E-state index contributed by atoms with van der Waals surface area (Å²) in [6, 6.07) is 7.68. The number of amides is 2. The summed E-state index contributed by atoms with van der Waals surface area (Å²) in [5.74, 6) is 0. The molecular weight excluding hydrogens is 238 g/mol. The van der Waals surface area contributed by atoms with Crippen LogP contribution in [0.4, 0.5) is 10.5 Å². The molecule has 1 aromatic carbocycles. The highest BCUT2D eigenvalue weighted by atomic mass is 16.2. The zero-order valence-electron chi connectivity index (χ0n) is 11.6. The van der Waals surface area contributed by atoms with Gasteiger partial charge in [0.1, 0.15) is 0 Å².